The van der Waals surface area contributed by atoms with Crippen LogP contribution in [0.5, 0.6) is 0 Å². The molecule has 164 valence electrons. The molecule has 0 aliphatic carbocycles. The minimum atomic E-state index is -0.720. The van der Waals surface area contributed by atoms with Gasteiger partial charge >= 0.3 is 6.09 Å². The third-order valence-electron chi connectivity index (χ3n) is 6.70. The van der Waals surface area contributed by atoms with E-state index in [2.05, 4.69) is 4.98 Å². The van der Waals surface area contributed by atoms with Crippen LogP contribution in [0.15, 0.2) is 36.7 Å². The molecule has 4 aliphatic rings. The summed E-state index contributed by atoms with van der Waals surface area (Å²) in [5, 5.41) is 0. The molecule has 2 unspecified atom stereocenters. The average molecular weight is 426 g/mol. The van der Waals surface area contributed by atoms with Crippen LogP contribution in [0.4, 0.5) is 4.79 Å². The van der Waals surface area contributed by atoms with Crippen LogP contribution >= 0.6 is 0 Å². The van der Waals surface area contributed by atoms with Crippen LogP contribution in [-0.4, -0.2) is 88.6 Å². The Kier molecular flexibility index (Phi) is 4.92. The second kappa shape index (κ2) is 7.64. The van der Waals surface area contributed by atoms with Crippen molar-refractivity contribution in [2.24, 2.45) is 11.8 Å². The fourth-order valence-electron chi connectivity index (χ4n) is 5.24. The lowest BCUT2D eigenvalue weighted by atomic mass is 9.76. The summed E-state index contributed by atoms with van der Waals surface area (Å²) in [5.41, 5.74) is 0.276. The van der Waals surface area contributed by atoms with E-state index in [1.807, 2.05) is 24.3 Å². The van der Waals surface area contributed by atoms with Crippen molar-refractivity contribution in [2.75, 3.05) is 39.3 Å². The molecule has 5 heterocycles. The van der Waals surface area contributed by atoms with Crippen LogP contribution in [0.3, 0.4) is 0 Å². The molecular formula is C22H26N4O5. The summed E-state index contributed by atoms with van der Waals surface area (Å²) in [6, 6.07) is 3.78. The maximum Gasteiger partial charge on any atom is 0.409 e. The topological polar surface area (TPSA) is 92.3 Å². The summed E-state index contributed by atoms with van der Waals surface area (Å²) < 4.78 is 11.3. The predicted octanol–water partition coefficient (Wildman–Crippen LogP) is 0.664. The first-order valence-electron chi connectivity index (χ1n) is 10.8. The number of likely N-dealkylation sites (tertiary alicyclic amines) is 1. The van der Waals surface area contributed by atoms with Gasteiger partial charge in [0.25, 0.3) is 0 Å². The van der Waals surface area contributed by atoms with Gasteiger partial charge in [-0.2, -0.15) is 0 Å². The van der Waals surface area contributed by atoms with E-state index in [0.29, 0.717) is 45.9 Å². The Morgan fingerprint density at radius 3 is 2.61 bits per heavy atom. The summed E-state index contributed by atoms with van der Waals surface area (Å²) in [6.07, 6.45) is 6.59. The molecule has 0 saturated carbocycles. The van der Waals surface area contributed by atoms with E-state index in [-0.39, 0.29) is 24.0 Å². The Morgan fingerprint density at radius 2 is 1.90 bits per heavy atom. The molecule has 2 bridgehead atoms. The van der Waals surface area contributed by atoms with Crippen molar-refractivity contribution in [3.05, 3.63) is 42.2 Å². The molecule has 9 heteroatoms. The molecule has 1 aromatic heterocycles. The van der Waals surface area contributed by atoms with E-state index in [9.17, 15) is 14.4 Å². The van der Waals surface area contributed by atoms with E-state index in [4.69, 9.17) is 9.47 Å². The molecule has 31 heavy (non-hydrogen) atoms. The number of ether oxygens (including phenoxy) is 2. The zero-order valence-corrected chi connectivity index (χ0v) is 17.5. The number of carbonyl (C=O) groups excluding carboxylic acids is 3. The average Bonchev–Trinajstić information content (AvgIpc) is 3.42. The first-order valence-corrected chi connectivity index (χ1v) is 10.8. The number of piperazine rings is 1. The number of amides is 3. The third-order valence-corrected chi connectivity index (χ3v) is 6.70. The van der Waals surface area contributed by atoms with Crippen LogP contribution in [0.2, 0.25) is 0 Å². The van der Waals surface area contributed by atoms with Gasteiger partial charge in [0, 0.05) is 45.1 Å². The summed E-state index contributed by atoms with van der Waals surface area (Å²) >= 11 is 0. The van der Waals surface area contributed by atoms with Gasteiger partial charge in [-0.25, -0.2) is 4.79 Å². The predicted molar refractivity (Wildman–Crippen MR) is 109 cm³/mol. The fourth-order valence-corrected chi connectivity index (χ4v) is 5.24. The lowest BCUT2D eigenvalue weighted by molar-refractivity contribution is -0.144. The fraction of sp³-hybridized carbons (Fsp3) is 0.545. The number of pyridine rings is 1. The number of rotatable bonds is 4. The molecule has 3 amide bonds. The van der Waals surface area contributed by atoms with E-state index < -0.39 is 17.4 Å². The normalized spacial score (nSPS) is 31.3. The molecule has 3 fully saturated rings. The Morgan fingerprint density at radius 1 is 1.19 bits per heavy atom. The highest BCUT2D eigenvalue weighted by molar-refractivity contribution is 5.93. The highest BCUT2D eigenvalue weighted by Gasteiger charge is 2.67. The molecule has 5 rings (SSSR count). The van der Waals surface area contributed by atoms with E-state index in [1.165, 1.54) is 0 Å². The highest BCUT2D eigenvalue weighted by Crippen LogP contribution is 2.52. The Balaban J connectivity index is 1.29. The van der Waals surface area contributed by atoms with Crippen molar-refractivity contribution in [2.45, 2.75) is 25.2 Å². The molecule has 4 aliphatic heterocycles. The number of aromatic nitrogens is 1. The van der Waals surface area contributed by atoms with E-state index in [0.717, 1.165) is 5.56 Å². The Hall–Kier alpha value is -2.94. The van der Waals surface area contributed by atoms with Crippen molar-refractivity contribution >= 4 is 17.9 Å². The van der Waals surface area contributed by atoms with Crippen LogP contribution in [-0.2, 0) is 25.6 Å². The zero-order chi connectivity index (χ0) is 21.6. The number of hydrogen-bond donors (Lipinski definition) is 0. The van der Waals surface area contributed by atoms with Crippen molar-refractivity contribution in [3.8, 4) is 0 Å². The Labute approximate surface area is 180 Å². The largest absolute Gasteiger partial charge is 0.450 e. The first-order chi connectivity index (χ1) is 15.0. The first kappa shape index (κ1) is 20.0. The van der Waals surface area contributed by atoms with Gasteiger partial charge < -0.3 is 24.2 Å². The summed E-state index contributed by atoms with van der Waals surface area (Å²) in [4.78, 5) is 47.9. The zero-order valence-electron chi connectivity index (χ0n) is 17.5. The minimum absolute atomic E-state index is 0.0350. The monoisotopic (exact) mass is 426 g/mol. The molecule has 1 spiro atoms. The molecule has 1 aromatic rings. The number of hydrogen-bond acceptors (Lipinski definition) is 6. The molecular weight excluding hydrogens is 400 g/mol. The molecule has 4 atom stereocenters. The van der Waals surface area contributed by atoms with Crippen LogP contribution in [0, 0.1) is 11.8 Å². The third kappa shape index (κ3) is 3.27. The smallest absolute Gasteiger partial charge is 0.409 e. The minimum Gasteiger partial charge on any atom is -0.450 e. The van der Waals surface area contributed by atoms with Gasteiger partial charge in [-0.3, -0.25) is 14.6 Å². The van der Waals surface area contributed by atoms with E-state index in [1.54, 1.807) is 34.0 Å². The quantitative estimate of drug-likeness (QED) is 0.657. The second-order valence-electron chi connectivity index (χ2n) is 8.46. The van der Waals surface area contributed by atoms with Crippen molar-refractivity contribution < 1.29 is 23.9 Å². The Bertz CT molecular complexity index is 914. The lowest BCUT2D eigenvalue weighted by Gasteiger charge is -2.36. The highest BCUT2D eigenvalue weighted by atomic mass is 16.6. The maximum atomic E-state index is 13.4. The summed E-state index contributed by atoms with van der Waals surface area (Å²) in [5.74, 6) is -1.12. The molecule has 0 radical (unpaired) electrons. The molecule has 3 saturated heterocycles. The second-order valence-corrected chi connectivity index (χ2v) is 8.46. The van der Waals surface area contributed by atoms with Gasteiger partial charge in [0.2, 0.25) is 11.8 Å². The number of nitrogens with zero attached hydrogens (tertiary/aromatic N) is 4. The maximum absolute atomic E-state index is 13.4. The van der Waals surface area contributed by atoms with Gasteiger partial charge in [-0.05, 0) is 24.6 Å². The molecule has 9 nitrogen and oxygen atoms in total. The van der Waals surface area contributed by atoms with Gasteiger partial charge in [0.05, 0.1) is 31.1 Å². The molecule has 0 aromatic carbocycles. The summed E-state index contributed by atoms with van der Waals surface area (Å²) in [7, 11) is 0. The standard InChI is InChI=1S/C22H26N4O5/c1-2-30-21(29)25-11-9-24(10-12-25)19(27)17-16-3-6-22(31-16)14-26(20(28)18(17)22)13-15-4-7-23-8-5-15/h3-8,16-18H,2,9-14H2,1H3/t16-,17?,18?,22-/m1/s1. The van der Waals surface area contributed by atoms with Gasteiger partial charge in [0.15, 0.2) is 0 Å². The van der Waals surface area contributed by atoms with Crippen molar-refractivity contribution in [1.82, 2.24) is 19.7 Å². The van der Waals surface area contributed by atoms with Crippen LogP contribution in [0.25, 0.3) is 0 Å². The van der Waals surface area contributed by atoms with Crippen LogP contribution < -0.4 is 0 Å². The van der Waals surface area contributed by atoms with Crippen molar-refractivity contribution in [1.29, 1.82) is 0 Å². The van der Waals surface area contributed by atoms with Gasteiger partial charge in [0.1, 0.15) is 5.60 Å². The van der Waals surface area contributed by atoms with Gasteiger partial charge in [-0.15, -0.1) is 0 Å². The van der Waals surface area contributed by atoms with Crippen LogP contribution in [0.1, 0.15) is 12.5 Å². The lowest BCUT2D eigenvalue weighted by Crippen LogP contribution is -2.54. The summed E-state index contributed by atoms with van der Waals surface area (Å²) in [6.45, 7) is 4.73. The van der Waals surface area contributed by atoms with Gasteiger partial charge in [-0.1, -0.05) is 12.2 Å². The SMILES string of the molecule is CCOC(=O)N1CCN(C(=O)C2C3C(=O)N(Cc4ccncc4)C[C@]34C=C[C@H]2O4)CC1. The number of fused-ring (bicyclic) bond motifs is 1. The number of carbonyl (C=O) groups is 3. The molecule has 0 N–H and O–H groups in total. The van der Waals surface area contributed by atoms with Crippen molar-refractivity contribution in [3.63, 3.8) is 0 Å². The van der Waals surface area contributed by atoms with E-state index >= 15 is 0 Å².